The van der Waals surface area contributed by atoms with Gasteiger partial charge in [0.25, 0.3) is 0 Å². The van der Waals surface area contributed by atoms with Gasteiger partial charge in [0.05, 0.1) is 19.3 Å². The van der Waals surface area contributed by atoms with Crippen LogP contribution in [0.1, 0.15) is 30.0 Å². The van der Waals surface area contributed by atoms with E-state index >= 15 is 0 Å². The molecule has 1 unspecified atom stereocenters. The number of hydrogen-bond donors (Lipinski definition) is 2. The lowest BCUT2D eigenvalue weighted by molar-refractivity contribution is -0.132. The Hall–Kier alpha value is -2.15. The number of carbonyl (C=O) groups is 1. The van der Waals surface area contributed by atoms with Crippen LogP contribution in [-0.4, -0.2) is 31.8 Å². The van der Waals surface area contributed by atoms with Gasteiger partial charge in [-0.25, -0.2) is 4.39 Å². The largest absolute Gasteiger partial charge is 0.497 e. The molecule has 2 aromatic rings. The number of methoxy groups -OCH3 is 1. The van der Waals surface area contributed by atoms with E-state index in [1.807, 2.05) is 24.3 Å². The number of rotatable bonds is 6. The molecule has 27 heavy (non-hydrogen) atoms. The van der Waals surface area contributed by atoms with Gasteiger partial charge in [0.2, 0.25) is 5.91 Å². The number of carbonyl (C=O) groups excluding carboxylic acids is 1. The van der Waals surface area contributed by atoms with Gasteiger partial charge in [-0.2, -0.15) is 0 Å². The molecule has 1 heterocycles. The zero-order valence-corrected chi connectivity index (χ0v) is 15.9. The van der Waals surface area contributed by atoms with Crippen molar-refractivity contribution in [3.05, 3.63) is 65.5 Å². The fraction of sp³-hybridized carbons (Fsp3) is 0.350. The lowest BCUT2D eigenvalue weighted by Crippen LogP contribution is -2.38. The van der Waals surface area contributed by atoms with Gasteiger partial charge in [-0.05, 0) is 48.2 Å². The van der Waals surface area contributed by atoms with Gasteiger partial charge in [-0.1, -0.05) is 24.3 Å². The molecule has 0 bridgehead atoms. The maximum Gasteiger partial charge on any atom is 0.249 e. The van der Waals surface area contributed by atoms with Crippen molar-refractivity contribution in [1.82, 2.24) is 5.32 Å². The molecule has 5 nitrogen and oxygen atoms in total. The predicted molar refractivity (Wildman–Crippen MR) is 104 cm³/mol. The first-order valence-corrected chi connectivity index (χ1v) is 8.66. The Bertz CT molecular complexity index is 740. The molecule has 3 N–H and O–H groups in total. The summed E-state index contributed by atoms with van der Waals surface area (Å²) in [6.07, 6.45) is 0.839. The van der Waals surface area contributed by atoms with Crippen LogP contribution in [0, 0.1) is 5.82 Å². The van der Waals surface area contributed by atoms with Gasteiger partial charge in [-0.15, -0.1) is 12.4 Å². The van der Waals surface area contributed by atoms with Gasteiger partial charge in [0.1, 0.15) is 17.7 Å². The van der Waals surface area contributed by atoms with E-state index in [2.05, 4.69) is 5.32 Å². The average molecular weight is 395 g/mol. The quantitative estimate of drug-likeness (QED) is 0.790. The van der Waals surface area contributed by atoms with E-state index in [4.69, 9.17) is 15.2 Å². The summed E-state index contributed by atoms with van der Waals surface area (Å²) in [5.41, 5.74) is 7.28. The van der Waals surface area contributed by atoms with E-state index in [1.54, 1.807) is 19.2 Å². The average Bonchev–Trinajstić information content (AvgIpc) is 3.16. The zero-order chi connectivity index (χ0) is 18.5. The van der Waals surface area contributed by atoms with Gasteiger partial charge in [0, 0.05) is 6.54 Å². The van der Waals surface area contributed by atoms with Crippen LogP contribution in [0.5, 0.6) is 5.75 Å². The minimum atomic E-state index is -0.509. The topological polar surface area (TPSA) is 73.6 Å². The fourth-order valence-electron chi connectivity index (χ4n) is 3.12. The fourth-order valence-corrected chi connectivity index (χ4v) is 3.12. The van der Waals surface area contributed by atoms with Crippen molar-refractivity contribution in [2.24, 2.45) is 5.73 Å². The SMILES string of the molecule is COc1ccc(C(NC(=O)[C@@H]2CC[C@H](CN)O2)c2ccc(F)cc2)cc1.Cl. The molecule has 1 fully saturated rings. The summed E-state index contributed by atoms with van der Waals surface area (Å²) in [4.78, 5) is 12.7. The highest BCUT2D eigenvalue weighted by Gasteiger charge is 2.31. The third kappa shape index (κ3) is 5.19. The van der Waals surface area contributed by atoms with E-state index in [1.165, 1.54) is 12.1 Å². The highest BCUT2D eigenvalue weighted by Crippen LogP contribution is 2.26. The first-order chi connectivity index (χ1) is 12.6. The van der Waals surface area contributed by atoms with Crippen LogP contribution in [-0.2, 0) is 9.53 Å². The number of ether oxygens (including phenoxy) is 2. The second kappa shape index (κ2) is 9.69. The molecule has 0 saturated carbocycles. The molecule has 1 aliphatic heterocycles. The van der Waals surface area contributed by atoms with E-state index in [0.717, 1.165) is 23.3 Å². The van der Waals surface area contributed by atoms with Gasteiger partial charge in [0.15, 0.2) is 0 Å². The van der Waals surface area contributed by atoms with Gasteiger partial charge < -0.3 is 20.5 Å². The summed E-state index contributed by atoms with van der Waals surface area (Å²) >= 11 is 0. The van der Waals surface area contributed by atoms with E-state index < -0.39 is 12.1 Å². The summed E-state index contributed by atoms with van der Waals surface area (Å²) in [5.74, 6) is 0.215. The molecule has 0 aliphatic carbocycles. The minimum absolute atomic E-state index is 0. The second-order valence-corrected chi connectivity index (χ2v) is 6.33. The number of amides is 1. The Morgan fingerprint density at radius 3 is 2.30 bits per heavy atom. The Kier molecular flexibility index (Phi) is 7.59. The normalized spacial score (nSPS) is 19.8. The smallest absolute Gasteiger partial charge is 0.249 e. The van der Waals surface area contributed by atoms with Crippen molar-refractivity contribution in [2.45, 2.75) is 31.1 Å². The third-order valence-corrected chi connectivity index (χ3v) is 4.60. The highest BCUT2D eigenvalue weighted by molar-refractivity contribution is 5.85. The molecule has 1 saturated heterocycles. The number of hydrogen-bond acceptors (Lipinski definition) is 4. The number of nitrogens with two attached hydrogens (primary N) is 1. The molecular formula is C20H24ClFN2O3. The lowest BCUT2D eigenvalue weighted by Gasteiger charge is -2.22. The van der Waals surface area contributed by atoms with Crippen LogP contribution >= 0.6 is 12.4 Å². The molecule has 2 aromatic carbocycles. The van der Waals surface area contributed by atoms with Crippen LogP contribution in [0.3, 0.4) is 0 Å². The van der Waals surface area contributed by atoms with E-state index in [9.17, 15) is 9.18 Å². The summed E-state index contributed by atoms with van der Waals surface area (Å²) in [7, 11) is 1.60. The van der Waals surface area contributed by atoms with E-state index in [0.29, 0.717) is 13.0 Å². The molecule has 146 valence electrons. The number of halogens is 2. The van der Waals surface area contributed by atoms with Crippen molar-refractivity contribution < 1.29 is 18.7 Å². The monoisotopic (exact) mass is 394 g/mol. The van der Waals surface area contributed by atoms with Crippen LogP contribution in [0.2, 0.25) is 0 Å². The molecule has 1 aliphatic rings. The van der Waals surface area contributed by atoms with Crippen molar-refractivity contribution >= 4 is 18.3 Å². The van der Waals surface area contributed by atoms with Crippen molar-refractivity contribution in [2.75, 3.05) is 13.7 Å². The van der Waals surface area contributed by atoms with Crippen LogP contribution in [0.25, 0.3) is 0 Å². The molecular weight excluding hydrogens is 371 g/mol. The lowest BCUT2D eigenvalue weighted by atomic mass is 9.98. The van der Waals surface area contributed by atoms with Crippen LogP contribution in [0.4, 0.5) is 4.39 Å². The molecule has 3 atom stereocenters. The molecule has 0 aromatic heterocycles. The number of nitrogens with one attached hydrogen (secondary N) is 1. The molecule has 0 radical (unpaired) electrons. The van der Waals surface area contributed by atoms with Gasteiger partial charge in [-0.3, -0.25) is 4.79 Å². The zero-order valence-electron chi connectivity index (χ0n) is 15.1. The van der Waals surface area contributed by atoms with Crippen molar-refractivity contribution in [3.8, 4) is 5.75 Å². The summed E-state index contributed by atoms with van der Waals surface area (Å²) in [5, 5.41) is 3.03. The summed E-state index contributed by atoms with van der Waals surface area (Å²) < 4.78 is 24.2. The molecule has 3 rings (SSSR count). The second-order valence-electron chi connectivity index (χ2n) is 6.33. The first-order valence-electron chi connectivity index (χ1n) is 8.66. The predicted octanol–water partition coefficient (Wildman–Crippen LogP) is 2.97. The van der Waals surface area contributed by atoms with Crippen LogP contribution in [0.15, 0.2) is 48.5 Å². The Morgan fingerprint density at radius 2 is 1.78 bits per heavy atom. The molecule has 1 amide bonds. The van der Waals surface area contributed by atoms with Crippen molar-refractivity contribution in [1.29, 1.82) is 0 Å². The first kappa shape index (κ1) is 21.2. The summed E-state index contributed by atoms with van der Waals surface area (Å²) in [6, 6.07) is 13.1. The highest BCUT2D eigenvalue weighted by atomic mass is 35.5. The molecule has 7 heteroatoms. The van der Waals surface area contributed by atoms with E-state index in [-0.39, 0.29) is 30.2 Å². The third-order valence-electron chi connectivity index (χ3n) is 4.60. The Balaban J connectivity index is 0.00000261. The Morgan fingerprint density at radius 1 is 1.19 bits per heavy atom. The van der Waals surface area contributed by atoms with Gasteiger partial charge >= 0.3 is 0 Å². The molecule has 0 spiro atoms. The Labute approximate surface area is 164 Å². The number of benzene rings is 2. The minimum Gasteiger partial charge on any atom is -0.497 e. The standard InChI is InChI=1S/C20H23FN2O3.ClH/c1-25-16-8-4-14(5-9-16)19(13-2-6-15(21)7-3-13)23-20(24)18-11-10-17(12-22)26-18;/h2-9,17-19H,10-12,22H2,1H3,(H,23,24);1H/t17-,18+,19?;/m1./s1. The maximum atomic E-state index is 13.3. The summed E-state index contributed by atoms with van der Waals surface area (Å²) in [6.45, 7) is 0.406. The maximum absolute atomic E-state index is 13.3. The van der Waals surface area contributed by atoms with Crippen molar-refractivity contribution in [3.63, 3.8) is 0 Å². The van der Waals surface area contributed by atoms with Crippen LogP contribution < -0.4 is 15.8 Å².